The summed E-state index contributed by atoms with van der Waals surface area (Å²) in [4.78, 5) is 22.8. The van der Waals surface area contributed by atoms with E-state index < -0.39 is 39.5 Å². The minimum absolute atomic E-state index is 0.00741. The molecule has 0 atom stereocenters. The number of sulfonamides is 1. The van der Waals surface area contributed by atoms with Crippen LogP contribution in [0.15, 0.2) is 24.5 Å². The van der Waals surface area contributed by atoms with Crippen molar-refractivity contribution in [2.24, 2.45) is 5.92 Å². The van der Waals surface area contributed by atoms with E-state index in [-0.39, 0.29) is 30.1 Å². The van der Waals surface area contributed by atoms with Crippen molar-refractivity contribution >= 4 is 33.6 Å². The van der Waals surface area contributed by atoms with E-state index in [2.05, 4.69) is 30.3 Å². The first-order chi connectivity index (χ1) is 16.0. The molecule has 0 radical (unpaired) electrons. The van der Waals surface area contributed by atoms with Gasteiger partial charge >= 0.3 is 12.1 Å². The largest absolute Gasteiger partial charge is 0.481 e. The Morgan fingerprint density at radius 3 is 2.50 bits per heavy atom. The van der Waals surface area contributed by atoms with Crippen molar-refractivity contribution in [3.63, 3.8) is 0 Å². The van der Waals surface area contributed by atoms with Gasteiger partial charge in [-0.15, -0.1) is 0 Å². The van der Waals surface area contributed by atoms with Gasteiger partial charge in [0.25, 0.3) is 0 Å². The number of hydrogen-bond acceptors (Lipinski definition) is 8. The quantitative estimate of drug-likeness (QED) is 0.405. The molecule has 1 saturated carbocycles. The summed E-state index contributed by atoms with van der Waals surface area (Å²) in [7, 11) is -3.63. The first-order valence-electron chi connectivity index (χ1n) is 10.6. The summed E-state index contributed by atoms with van der Waals surface area (Å²) in [5, 5.41) is 14.7. The molecule has 0 bridgehead atoms. The number of aromatic nitrogens is 3. The van der Waals surface area contributed by atoms with Crippen LogP contribution < -0.4 is 15.4 Å². The number of carboxylic acids is 1. The average molecular weight is 503 g/mol. The van der Waals surface area contributed by atoms with Crippen LogP contribution in [0, 0.1) is 5.92 Å². The highest BCUT2D eigenvalue weighted by Crippen LogP contribution is 2.34. The zero-order valence-electron chi connectivity index (χ0n) is 18.3. The number of halogens is 3. The van der Waals surface area contributed by atoms with Gasteiger partial charge in [0.15, 0.2) is 0 Å². The molecule has 1 aliphatic rings. The third-order valence-electron chi connectivity index (χ3n) is 5.47. The number of rotatable bonds is 9. The van der Waals surface area contributed by atoms with E-state index in [0.717, 1.165) is 0 Å². The predicted molar refractivity (Wildman–Crippen MR) is 119 cm³/mol. The normalized spacial score (nSPS) is 18.8. The molecule has 0 amide bonds. The Balaban J connectivity index is 1.78. The minimum Gasteiger partial charge on any atom is -0.481 e. The lowest BCUT2D eigenvalue weighted by atomic mass is 9.86. The zero-order chi connectivity index (χ0) is 24.9. The van der Waals surface area contributed by atoms with Gasteiger partial charge in [0.1, 0.15) is 17.2 Å². The monoisotopic (exact) mass is 502 g/mol. The Labute approximate surface area is 194 Å². The van der Waals surface area contributed by atoms with E-state index in [9.17, 15) is 26.4 Å². The fourth-order valence-electron chi connectivity index (χ4n) is 3.53. The average Bonchev–Trinajstić information content (AvgIpc) is 2.78. The lowest BCUT2D eigenvalue weighted by Crippen LogP contribution is -2.30. The van der Waals surface area contributed by atoms with Crippen molar-refractivity contribution < 1.29 is 31.5 Å². The zero-order valence-corrected chi connectivity index (χ0v) is 19.1. The van der Waals surface area contributed by atoms with Crippen molar-refractivity contribution in [2.75, 3.05) is 21.1 Å². The maximum absolute atomic E-state index is 13.5. The lowest BCUT2D eigenvalue weighted by molar-refractivity contribution is -0.142. The molecule has 0 saturated heterocycles. The van der Waals surface area contributed by atoms with Crippen LogP contribution in [-0.4, -0.2) is 46.2 Å². The van der Waals surface area contributed by atoms with Gasteiger partial charge in [0, 0.05) is 30.5 Å². The van der Waals surface area contributed by atoms with Crippen LogP contribution >= 0.6 is 0 Å². The van der Waals surface area contributed by atoms with Gasteiger partial charge in [-0.1, -0.05) is 6.07 Å². The van der Waals surface area contributed by atoms with E-state index in [1.54, 1.807) is 0 Å². The molecule has 0 spiro atoms. The van der Waals surface area contributed by atoms with E-state index in [1.807, 2.05) is 0 Å². The molecule has 2 heterocycles. The molecule has 3 rings (SSSR count). The van der Waals surface area contributed by atoms with Gasteiger partial charge in [-0.2, -0.15) is 18.2 Å². The number of anilines is 3. The van der Waals surface area contributed by atoms with Crippen LogP contribution in [0.25, 0.3) is 0 Å². The Kier molecular flexibility index (Phi) is 7.79. The highest BCUT2D eigenvalue weighted by atomic mass is 32.2. The predicted octanol–water partition coefficient (Wildman–Crippen LogP) is 3.32. The van der Waals surface area contributed by atoms with Crippen molar-refractivity contribution in [3.8, 4) is 0 Å². The van der Waals surface area contributed by atoms with Crippen LogP contribution in [0.4, 0.5) is 30.8 Å². The number of carbonyl (C=O) groups is 1. The highest BCUT2D eigenvalue weighted by Gasteiger charge is 2.35. The van der Waals surface area contributed by atoms with Crippen molar-refractivity contribution in [3.05, 3.63) is 35.7 Å². The maximum atomic E-state index is 13.5. The molecule has 0 unspecified atom stereocenters. The standard InChI is InChI=1S/C20H25F3N6O4S/c1-2-34(32,33)29-16-13(4-3-9-24-16)10-25-17-15(20(21,22)23)11-26-19(28-17)27-14-7-5-12(6-8-14)18(30)31/h3-4,9,11-12,14H,2,5-8,10H2,1H3,(H,24,29)(H,30,31)(H2,25,26,27,28). The molecule has 10 nitrogen and oxygen atoms in total. The van der Waals surface area contributed by atoms with Gasteiger partial charge in [-0.05, 0) is 38.7 Å². The Morgan fingerprint density at radius 2 is 1.88 bits per heavy atom. The minimum atomic E-state index is -4.72. The van der Waals surface area contributed by atoms with Crippen LogP contribution in [-0.2, 0) is 27.5 Å². The van der Waals surface area contributed by atoms with Gasteiger partial charge in [-0.3, -0.25) is 9.52 Å². The number of alkyl halides is 3. The molecular weight excluding hydrogens is 477 g/mol. The second-order valence-corrected chi connectivity index (χ2v) is 9.87. The smallest absolute Gasteiger partial charge is 0.421 e. The van der Waals surface area contributed by atoms with Crippen molar-refractivity contribution in [1.82, 2.24) is 15.0 Å². The van der Waals surface area contributed by atoms with Crippen LogP contribution in [0.5, 0.6) is 0 Å². The van der Waals surface area contributed by atoms with Gasteiger partial charge in [0.2, 0.25) is 16.0 Å². The number of carboxylic acid groups (broad SMARTS) is 1. The van der Waals surface area contributed by atoms with Gasteiger partial charge < -0.3 is 15.7 Å². The SMILES string of the molecule is CCS(=O)(=O)Nc1ncccc1CNc1nc(NC2CCC(C(=O)O)CC2)ncc1C(F)(F)F. The van der Waals surface area contributed by atoms with E-state index >= 15 is 0 Å². The number of pyridine rings is 1. The Hall–Kier alpha value is -3.16. The summed E-state index contributed by atoms with van der Waals surface area (Å²) in [6.45, 7) is 1.26. The fourth-order valence-corrected chi connectivity index (χ4v) is 4.16. The molecule has 0 aliphatic heterocycles. The molecule has 4 N–H and O–H groups in total. The molecule has 14 heteroatoms. The molecule has 1 fully saturated rings. The highest BCUT2D eigenvalue weighted by molar-refractivity contribution is 7.92. The number of aliphatic carboxylic acids is 1. The maximum Gasteiger partial charge on any atom is 0.421 e. The summed E-state index contributed by atoms with van der Waals surface area (Å²) < 4.78 is 66.7. The molecular formula is C20H25F3N6O4S. The molecule has 1 aliphatic carbocycles. The summed E-state index contributed by atoms with van der Waals surface area (Å²) >= 11 is 0. The first kappa shape index (κ1) is 25.5. The van der Waals surface area contributed by atoms with Crippen LogP contribution in [0.2, 0.25) is 0 Å². The summed E-state index contributed by atoms with van der Waals surface area (Å²) in [6, 6.07) is 2.90. The van der Waals surface area contributed by atoms with Gasteiger partial charge in [-0.25, -0.2) is 18.4 Å². The number of hydrogen-bond donors (Lipinski definition) is 4. The molecule has 34 heavy (non-hydrogen) atoms. The Bertz CT molecular complexity index is 1120. The fraction of sp³-hybridized carbons (Fsp3) is 0.500. The van der Waals surface area contributed by atoms with Crippen molar-refractivity contribution in [1.29, 1.82) is 0 Å². The third kappa shape index (κ3) is 6.68. The van der Waals surface area contributed by atoms with E-state index in [0.29, 0.717) is 37.4 Å². The second-order valence-electron chi connectivity index (χ2n) is 7.85. The van der Waals surface area contributed by atoms with Crippen molar-refractivity contribution in [2.45, 2.75) is 51.4 Å². The molecule has 2 aromatic heterocycles. The van der Waals surface area contributed by atoms with Gasteiger partial charge in [0.05, 0.1) is 11.7 Å². The molecule has 0 aromatic carbocycles. The van der Waals surface area contributed by atoms with Crippen LogP contribution in [0.3, 0.4) is 0 Å². The number of nitrogens with zero attached hydrogens (tertiary/aromatic N) is 3. The number of nitrogens with one attached hydrogen (secondary N) is 3. The molecule has 186 valence electrons. The Morgan fingerprint density at radius 1 is 1.18 bits per heavy atom. The lowest BCUT2D eigenvalue weighted by Gasteiger charge is -2.27. The first-order valence-corrected chi connectivity index (χ1v) is 12.3. The van der Waals surface area contributed by atoms with E-state index in [4.69, 9.17) is 5.11 Å². The summed E-state index contributed by atoms with van der Waals surface area (Å²) in [6.07, 6.45) is -0.718. The molecule has 2 aromatic rings. The second kappa shape index (κ2) is 10.4. The van der Waals surface area contributed by atoms with E-state index in [1.165, 1.54) is 25.3 Å². The third-order valence-corrected chi connectivity index (χ3v) is 6.74. The van der Waals surface area contributed by atoms with Crippen LogP contribution in [0.1, 0.15) is 43.7 Å². The summed E-state index contributed by atoms with van der Waals surface area (Å²) in [5.74, 6) is -1.96. The topological polar surface area (TPSA) is 146 Å². The summed E-state index contributed by atoms with van der Waals surface area (Å²) in [5.41, 5.74) is -0.750.